The zero-order valence-corrected chi connectivity index (χ0v) is 11.5. The zero-order valence-electron chi connectivity index (χ0n) is 11.5. The minimum atomic E-state index is -1.03. The van der Waals surface area contributed by atoms with E-state index in [1.54, 1.807) is 30.7 Å². The standard InChI is InChI=1S/C16H13F2N3O/c17-15-11(8-22)1-2-12(16(15)18)14(13-7-20-9-21-13)10-3-5-19-6-4-10/h1-7,9,14,22H,8H2,(H,20,21). The summed E-state index contributed by atoms with van der Waals surface area (Å²) in [5, 5.41) is 9.04. The van der Waals surface area contributed by atoms with Crippen molar-refractivity contribution in [1.82, 2.24) is 15.0 Å². The maximum atomic E-state index is 14.4. The number of aliphatic hydroxyl groups is 1. The summed E-state index contributed by atoms with van der Waals surface area (Å²) in [7, 11) is 0. The highest BCUT2D eigenvalue weighted by atomic mass is 19.2. The highest BCUT2D eigenvalue weighted by Crippen LogP contribution is 2.33. The largest absolute Gasteiger partial charge is 0.392 e. The average molecular weight is 301 g/mol. The predicted molar refractivity (Wildman–Crippen MR) is 76.1 cm³/mol. The van der Waals surface area contributed by atoms with Crippen LogP contribution in [0, 0.1) is 11.6 Å². The molecular weight excluding hydrogens is 288 g/mol. The van der Waals surface area contributed by atoms with Gasteiger partial charge in [-0.05, 0) is 17.7 Å². The fourth-order valence-electron chi connectivity index (χ4n) is 2.44. The number of imidazole rings is 1. The third-order valence-corrected chi connectivity index (χ3v) is 3.53. The van der Waals surface area contributed by atoms with Crippen molar-refractivity contribution in [2.24, 2.45) is 0 Å². The van der Waals surface area contributed by atoms with Gasteiger partial charge in [-0.15, -0.1) is 0 Å². The molecule has 0 aliphatic heterocycles. The van der Waals surface area contributed by atoms with Crippen molar-refractivity contribution in [3.05, 3.63) is 83.2 Å². The highest BCUT2D eigenvalue weighted by molar-refractivity contribution is 5.41. The third-order valence-electron chi connectivity index (χ3n) is 3.53. The molecule has 0 amide bonds. The van der Waals surface area contributed by atoms with Crippen LogP contribution in [0.1, 0.15) is 28.3 Å². The number of H-pyrrole nitrogens is 1. The van der Waals surface area contributed by atoms with Crippen molar-refractivity contribution < 1.29 is 13.9 Å². The molecule has 3 rings (SSSR count). The number of nitrogens with one attached hydrogen (secondary N) is 1. The number of hydrogen-bond acceptors (Lipinski definition) is 3. The van der Waals surface area contributed by atoms with E-state index in [0.29, 0.717) is 5.69 Å². The minimum Gasteiger partial charge on any atom is -0.392 e. The van der Waals surface area contributed by atoms with Crippen LogP contribution in [-0.4, -0.2) is 20.1 Å². The van der Waals surface area contributed by atoms with Crippen LogP contribution in [-0.2, 0) is 6.61 Å². The summed E-state index contributed by atoms with van der Waals surface area (Å²) in [5.41, 5.74) is 1.41. The lowest BCUT2D eigenvalue weighted by molar-refractivity contribution is 0.273. The number of aromatic amines is 1. The quantitative estimate of drug-likeness (QED) is 0.779. The lowest BCUT2D eigenvalue weighted by atomic mass is 9.88. The van der Waals surface area contributed by atoms with E-state index in [-0.39, 0.29) is 11.1 Å². The smallest absolute Gasteiger partial charge is 0.164 e. The third kappa shape index (κ3) is 2.48. The Morgan fingerprint density at radius 2 is 1.86 bits per heavy atom. The Morgan fingerprint density at radius 1 is 1.09 bits per heavy atom. The van der Waals surface area contributed by atoms with Crippen LogP contribution in [0.5, 0.6) is 0 Å². The number of pyridine rings is 1. The summed E-state index contributed by atoms with van der Waals surface area (Å²) in [6.07, 6.45) is 6.30. The van der Waals surface area contributed by atoms with E-state index in [1.165, 1.54) is 18.5 Å². The van der Waals surface area contributed by atoms with Crippen LogP contribution in [0.2, 0.25) is 0 Å². The van der Waals surface area contributed by atoms with E-state index in [2.05, 4.69) is 15.0 Å². The van der Waals surface area contributed by atoms with E-state index in [0.717, 1.165) is 5.56 Å². The summed E-state index contributed by atoms with van der Waals surface area (Å²) in [6, 6.07) is 6.33. The molecule has 0 saturated carbocycles. The number of nitrogens with zero attached hydrogens (tertiary/aromatic N) is 2. The van der Waals surface area contributed by atoms with E-state index in [9.17, 15) is 8.78 Å². The van der Waals surface area contributed by atoms with Gasteiger partial charge in [0.1, 0.15) is 0 Å². The molecule has 3 aromatic rings. The Kier molecular flexibility index (Phi) is 3.93. The molecule has 22 heavy (non-hydrogen) atoms. The number of hydrogen-bond donors (Lipinski definition) is 2. The molecular formula is C16H13F2N3O. The Labute approximate surface area is 125 Å². The van der Waals surface area contributed by atoms with Gasteiger partial charge in [-0.1, -0.05) is 12.1 Å². The topological polar surface area (TPSA) is 61.8 Å². The van der Waals surface area contributed by atoms with Crippen LogP contribution < -0.4 is 0 Å². The lowest BCUT2D eigenvalue weighted by Gasteiger charge is -2.17. The number of halogens is 2. The maximum Gasteiger partial charge on any atom is 0.164 e. The van der Waals surface area contributed by atoms with Crippen LogP contribution in [0.15, 0.2) is 49.2 Å². The van der Waals surface area contributed by atoms with Crippen LogP contribution >= 0.6 is 0 Å². The van der Waals surface area contributed by atoms with Crippen molar-refractivity contribution in [3.63, 3.8) is 0 Å². The van der Waals surface area contributed by atoms with E-state index in [4.69, 9.17) is 5.11 Å². The molecule has 2 N–H and O–H groups in total. The Hall–Kier alpha value is -2.60. The van der Waals surface area contributed by atoms with Crippen molar-refractivity contribution in [1.29, 1.82) is 0 Å². The van der Waals surface area contributed by atoms with Gasteiger partial charge in [0.25, 0.3) is 0 Å². The highest BCUT2D eigenvalue weighted by Gasteiger charge is 2.24. The molecule has 0 spiro atoms. The molecule has 112 valence electrons. The molecule has 0 saturated heterocycles. The van der Waals surface area contributed by atoms with Crippen molar-refractivity contribution in [2.75, 3.05) is 0 Å². The van der Waals surface area contributed by atoms with Crippen molar-refractivity contribution in [3.8, 4) is 0 Å². The summed E-state index contributed by atoms with van der Waals surface area (Å²) in [5.74, 6) is -2.57. The number of benzene rings is 1. The molecule has 4 nitrogen and oxygen atoms in total. The van der Waals surface area contributed by atoms with Gasteiger partial charge in [-0.3, -0.25) is 4.98 Å². The van der Waals surface area contributed by atoms with Gasteiger partial charge in [-0.2, -0.15) is 0 Å². The first-order valence-corrected chi connectivity index (χ1v) is 6.68. The molecule has 0 radical (unpaired) electrons. The minimum absolute atomic E-state index is 0.0724. The summed E-state index contributed by atoms with van der Waals surface area (Å²) >= 11 is 0. The van der Waals surface area contributed by atoms with Gasteiger partial charge >= 0.3 is 0 Å². The van der Waals surface area contributed by atoms with Gasteiger partial charge < -0.3 is 10.1 Å². The second-order valence-electron chi connectivity index (χ2n) is 4.81. The molecule has 2 heterocycles. The van der Waals surface area contributed by atoms with Gasteiger partial charge in [-0.25, -0.2) is 13.8 Å². The fraction of sp³-hybridized carbons (Fsp3) is 0.125. The summed E-state index contributed by atoms with van der Waals surface area (Å²) < 4.78 is 28.4. The number of rotatable bonds is 4. The molecule has 0 aliphatic carbocycles. The summed E-state index contributed by atoms with van der Waals surface area (Å²) in [4.78, 5) is 10.9. The Bertz CT molecular complexity index is 761. The molecule has 1 aromatic carbocycles. The first-order chi connectivity index (χ1) is 10.7. The van der Waals surface area contributed by atoms with Gasteiger partial charge in [0.15, 0.2) is 11.6 Å². The molecule has 0 fully saturated rings. The van der Waals surface area contributed by atoms with E-state index >= 15 is 0 Å². The monoisotopic (exact) mass is 301 g/mol. The molecule has 0 bridgehead atoms. The first-order valence-electron chi connectivity index (χ1n) is 6.68. The summed E-state index contributed by atoms with van der Waals surface area (Å²) in [6.45, 7) is -0.550. The molecule has 1 atom stereocenters. The first kappa shape index (κ1) is 14.3. The van der Waals surface area contributed by atoms with Crippen molar-refractivity contribution in [2.45, 2.75) is 12.5 Å². The molecule has 6 heteroatoms. The Balaban J connectivity index is 2.18. The second kappa shape index (κ2) is 6.03. The van der Waals surface area contributed by atoms with Crippen molar-refractivity contribution >= 4 is 0 Å². The number of aromatic nitrogens is 3. The van der Waals surface area contributed by atoms with Crippen LogP contribution in [0.25, 0.3) is 0 Å². The predicted octanol–water partition coefficient (Wildman–Crippen LogP) is 2.76. The van der Waals surface area contributed by atoms with E-state index in [1.807, 2.05) is 0 Å². The zero-order chi connectivity index (χ0) is 15.5. The van der Waals surface area contributed by atoms with Crippen LogP contribution in [0.3, 0.4) is 0 Å². The maximum absolute atomic E-state index is 14.4. The fourth-order valence-corrected chi connectivity index (χ4v) is 2.44. The molecule has 0 aliphatic rings. The van der Waals surface area contributed by atoms with Gasteiger partial charge in [0, 0.05) is 29.7 Å². The average Bonchev–Trinajstić information content (AvgIpc) is 3.07. The second-order valence-corrected chi connectivity index (χ2v) is 4.81. The van der Waals surface area contributed by atoms with Crippen LogP contribution in [0.4, 0.5) is 8.78 Å². The molecule has 2 aromatic heterocycles. The van der Waals surface area contributed by atoms with Gasteiger partial charge in [0.05, 0.1) is 24.5 Å². The van der Waals surface area contributed by atoms with Gasteiger partial charge in [0.2, 0.25) is 0 Å². The lowest BCUT2D eigenvalue weighted by Crippen LogP contribution is -2.09. The molecule has 1 unspecified atom stereocenters. The number of aliphatic hydroxyl groups excluding tert-OH is 1. The SMILES string of the molecule is OCc1ccc(C(c2ccncc2)c2c[nH]cn2)c(F)c1F. The Morgan fingerprint density at radius 3 is 2.50 bits per heavy atom. The van der Waals surface area contributed by atoms with E-state index < -0.39 is 24.2 Å². The normalized spacial score (nSPS) is 12.3.